The molecule has 2 N–H and O–H groups in total. The lowest BCUT2D eigenvalue weighted by Crippen LogP contribution is -2.13. The smallest absolute Gasteiger partial charge is 0.233 e. The summed E-state index contributed by atoms with van der Waals surface area (Å²) in [7, 11) is 0. The van der Waals surface area contributed by atoms with Crippen molar-refractivity contribution in [1.82, 2.24) is 20.8 Å². The predicted molar refractivity (Wildman–Crippen MR) is 54.3 cm³/mol. The summed E-state index contributed by atoms with van der Waals surface area (Å²) < 4.78 is 5.70. The van der Waals surface area contributed by atoms with Crippen molar-refractivity contribution in [3.8, 4) is 0 Å². The van der Waals surface area contributed by atoms with E-state index in [0.29, 0.717) is 0 Å². The van der Waals surface area contributed by atoms with Gasteiger partial charge in [0, 0.05) is 0 Å². The van der Waals surface area contributed by atoms with E-state index in [1.165, 1.54) is 12.8 Å². The summed E-state index contributed by atoms with van der Waals surface area (Å²) in [6.45, 7) is 2.12. The van der Waals surface area contributed by atoms with E-state index in [1.54, 1.807) is 0 Å². The van der Waals surface area contributed by atoms with Crippen LogP contribution < -0.4 is 10.6 Å². The zero-order valence-electron chi connectivity index (χ0n) is 8.70. The van der Waals surface area contributed by atoms with E-state index in [-0.39, 0.29) is 12.1 Å². The zero-order chi connectivity index (χ0) is 10.1. The Bertz CT molecular complexity index is 295. The summed E-state index contributed by atoms with van der Waals surface area (Å²) in [5.41, 5.74) is 0. The van der Waals surface area contributed by atoms with Gasteiger partial charge in [-0.05, 0) is 38.8 Å². The summed E-state index contributed by atoms with van der Waals surface area (Å²) in [6, 6.07) is 0.570. The summed E-state index contributed by atoms with van der Waals surface area (Å²) in [4.78, 5) is 0. The lowest BCUT2D eigenvalue weighted by molar-refractivity contribution is 0.372. The number of hydrogen-bond donors (Lipinski definition) is 2. The van der Waals surface area contributed by atoms with E-state index in [2.05, 4.69) is 20.8 Å². The van der Waals surface area contributed by atoms with E-state index in [4.69, 9.17) is 4.42 Å². The van der Waals surface area contributed by atoms with Crippen LogP contribution in [0.3, 0.4) is 0 Å². The predicted octanol–water partition coefficient (Wildman–Crippen LogP) is 0.919. The van der Waals surface area contributed by atoms with Gasteiger partial charge >= 0.3 is 0 Å². The molecule has 2 aliphatic rings. The second-order valence-electron chi connectivity index (χ2n) is 4.28. The third kappa shape index (κ3) is 1.77. The molecular weight excluding hydrogens is 192 g/mol. The first kappa shape index (κ1) is 9.30. The molecular formula is C10H16N4O. The zero-order valence-corrected chi connectivity index (χ0v) is 8.70. The average Bonchev–Trinajstić information content (AvgIpc) is 3.02. The number of rotatable bonds is 2. The molecule has 0 saturated carbocycles. The fraction of sp³-hybridized carbons (Fsp3) is 0.800. The Balaban J connectivity index is 1.74. The maximum Gasteiger partial charge on any atom is 0.233 e. The second-order valence-corrected chi connectivity index (χ2v) is 4.28. The molecule has 15 heavy (non-hydrogen) atoms. The third-order valence-electron chi connectivity index (χ3n) is 3.17. The van der Waals surface area contributed by atoms with Gasteiger partial charge in [-0.2, -0.15) is 0 Å². The molecule has 1 aromatic heterocycles. The maximum atomic E-state index is 5.70. The van der Waals surface area contributed by atoms with Crippen molar-refractivity contribution in [3.05, 3.63) is 11.8 Å². The molecule has 82 valence electrons. The Morgan fingerprint density at radius 3 is 1.87 bits per heavy atom. The van der Waals surface area contributed by atoms with Crippen LogP contribution in [0.4, 0.5) is 0 Å². The van der Waals surface area contributed by atoms with Gasteiger partial charge in [0.25, 0.3) is 0 Å². The summed E-state index contributed by atoms with van der Waals surface area (Å²) in [6.07, 6.45) is 4.62. The van der Waals surface area contributed by atoms with Gasteiger partial charge in [-0.15, -0.1) is 10.2 Å². The number of aromatic nitrogens is 2. The van der Waals surface area contributed by atoms with Crippen molar-refractivity contribution in [2.45, 2.75) is 37.8 Å². The minimum absolute atomic E-state index is 0.285. The molecule has 1 unspecified atom stereocenters. The van der Waals surface area contributed by atoms with Crippen molar-refractivity contribution in [1.29, 1.82) is 0 Å². The van der Waals surface area contributed by atoms with Crippen molar-refractivity contribution in [2.24, 2.45) is 0 Å². The quantitative estimate of drug-likeness (QED) is 0.756. The van der Waals surface area contributed by atoms with E-state index in [9.17, 15) is 0 Å². The van der Waals surface area contributed by atoms with E-state index in [0.717, 1.165) is 37.7 Å². The van der Waals surface area contributed by atoms with Crippen molar-refractivity contribution in [3.63, 3.8) is 0 Å². The highest BCUT2D eigenvalue weighted by molar-refractivity contribution is 4.97. The topological polar surface area (TPSA) is 63.0 Å². The van der Waals surface area contributed by atoms with Crippen LogP contribution in [0.1, 0.15) is 49.5 Å². The van der Waals surface area contributed by atoms with Crippen LogP contribution in [0, 0.1) is 0 Å². The highest BCUT2D eigenvalue weighted by Gasteiger charge is 2.26. The van der Waals surface area contributed by atoms with Crippen LogP contribution in [0.15, 0.2) is 4.42 Å². The molecule has 5 nitrogen and oxygen atoms in total. The minimum Gasteiger partial charge on any atom is -0.422 e. The van der Waals surface area contributed by atoms with Crippen LogP contribution >= 0.6 is 0 Å². The highest BCUT2D eigenvalue weighted by Crippen LogP contribution is 2.26. The normalized spacial score (nSPS) is 31.2. The molecule has 2 atom stereocenters. The van der Waals surface area contributed by atoms with Gasteiger partial charge in [0.2, 0.25) is 11.8 Å². The van der Waals surface area contributed by atoms with E-state index >= 15 is 0 Å². The summed E-state index contributed by atoms with van der Waals surface area (Å²) >= 11 is 0. The van der Waals surface area contributed by atoms with E-state index < -0.39 is 0 Å². The van der Waals surface area contributed by atoms with Gasteiger partial charge in [-0.25, -0.2) is 0 Å². The summed E-state index contributed by atoms with van der Waals surface area (Å²) in [5, 5.41) is 15.0. The number of nitrogens with one attached hydrogen (secondary N) is 2. The first-order valence-corrected chi connectivity index (χ1v) is 5.73. The first-order chi connectivity index (χ1) is 7.43. The highest BCUT2D eigenvalue weighted by atomic mass is 16.4. The van der Waals surface area contributed by atoms with Crippen molar-refractivity contribution < 1.29 is 4.42 Å². The molecule has 3 rings (SSSR count). The van der Waals surface area contributed by atoms with Gasteiger partial charge in [0.1, 0.15) is 0 Å². The molecule has 1 aromatic rings. The van der Waals surface area contributed by atoms with Gasteiger partial charge in [0.15, 0.2) is 0 Å². The molecule has 5 heteroatoms. The number of hydrogen-bond acceptors (Lipinski definition) is 5. The Labute approximate surface area is 88.6 Å². The molecule has 0 spiro atoms. The largest absolute Gasteiger partial charge is 0.422 e. The van der Waals surface area contributed by atoms with Gasteiger partial charge < -0.3 is 15.1 Å². The van der Waals surface area contributed by atoms with Gasteiger partial charge in [-0.3, -0.25) is 0 Å². The second kappa shape index (κ2) is 3.90. The third-order valence-corrected chi connectivity index (χ3v) is 3.17. The van der Waals surface area contributed by atoms with Crippen LogP contribution in [-0.2, 0) is 0 Å². The molecule has 3 heterocycles. The monoisotopic (exact) mass is 208 g/mol. The standard InChI is InChI=1S/C10H16N4O/c1-3-7(11-5-1)9-13-14-10(15-9)8-4-2-6-12-8/h7-8,11-12H,1-6H2/t7-,8?/m0/s1. The van der Waals surface area contributed by atoms with Crippen molar-refractivity contribution >= 4 is 0 Å². The molecule has 2 fully saturated rings. The van der Waals surface area contributed by atoms with Crippen LogP contribution in [0.5, 0.6) is 0 Å². The number of nitrogens with zero attached hydrogens (tertiary/aromatic N) is 2. The molecule has 2 aliphatic heterocycles. The van der Waals surface area contributed by atoms with E-state index in [1.807, 2.05) is 0 Å². The maximum absolute atomic E-state index is 5.70. The van der Waals surface area contributed by atoms with Crippen LogP contribution in [0.25, 0.3) is 0 Å². The minimum atomic E-state index is 0.285. The molecule has 0 aromatic carbocycles. The Hall–Kier alpha value is -0.940. The molecule has 2 saturated heterocycles. The fourth-order valence-corrected chi connectivity index (χ4v) is 2.32. The Morgan fingerprint density at radius 2 is 1.47 bits per heavy atom. The molecule has 0 radical (unpaired) electrons. The Kier molecular flexibility index (Phi) is 2.42. The lowest BCUT2D eigenvalue weighted by Gasteiger charge is -2.04. The van der Waals surface area contributed by atoms with Crippen molar-refractivity contribution in [2.75, 3.05) is 13.1 Å². The SMILES string of the molecule is C1CNC(c2nnc([C@@H]3CCCN3)o2)C1. The van der Waals surface area contributed by atoms with Crippen LogP contribution in [0.2, 0.25) is 0 Å². The first-order valence-electron chi connectivity index (χ1n) is 5.73. The van der Waals surface area contributed by atoms with Crippen LogP contribution in [-0.4, -0.2) is 23.3 Å². The summed E-state index contributed by atoms with van der Waals surface area (Å²) in [5.74, 6) is 1.52. The molecule has 0 amide bonds. The fourth-order valence-electron chi connectivity index (χ4n) is 2.32. The molecule has 0 bridgehead atoms. The Morgan fingerprint density at radius 1 is 0.933 bits per heavy atom. The molecule has 0 aliphatic carbocycles. The van der Waals surface area contributed by atoms with Gasteiger partial charge in [0.05, 0.1) is 12.1 Å². The lowest BCUT2D eigenvalue weighted by atomic mass is 10.2. The van der Waals surface area contributed by atoms with Gasteiger partial charge in [-0.1, -0.05) is 0 Å². The average molecular weight is 208 g/mol.